The molecule has 0 fully saturated rings. The van der Waals surface area contributed by atoms with Crippen LogP contribution in [0.1, 0.15) is 31.8 Å². The Morgan fingerprint density at radius 2 is 1.12 bits per heavy atom. The van der Waals surface area contributed by atoms with E-state index in [2.05, 4.69) is 4.84 Å². The molecule has 0 aromatic heterocycles. The van der Waals surface area contributed by atoms with Crippen LogP contribution in [0, 0.1) is 10.1 Å². The van der Waals surface area contributed by atoms with Gasteiger partial charge in [0, 0.05) is 0 Å². The third kappa shape index (κ3) is 9.08. The second-order valence-corrected chi connectivity index (χ2v) is 8.14. The standard InChI is InChI=1S/C15H13NO6.C15H14O4/c1-20-14-9-11(10-21-16(18)19)7-8-13(14)22-15(17)12-5-3-2-4-6-12;1-18-14-9-11(10-16)7-8-13(14)19-15(17)12-5-3-2-4-6-12/h2-9H,10H2,1H3;2-9,16H,10H2,1H3. The summed E-state index contributed by atoms with van der Waals surface area (Å²) < 4.78 is 20.8. The fourth-order valence-corrected chi connectivity index (χ4v) is 3.37. The van der Waals surface area contributed by atoms with Gasteiger partial charge in [-0.3, -0.25) is 0 Å². The van der Waals surface area contributed by atoms with Crippen molar-refractivity contribution in [3.8, 4) is 23.0 Å². The highest BCUT2D eigenvalue weighted by atomic mass is 16.9. The fourth-order valence-electron chi connectivity index (χ4n) is 3.37. The zero-order chi connectivity index (χ0) is 29.6. The number of carbonyl (C=O) groups is 2. The number of nitrogens with zero attached hydrogens (tertiary/aromatic N) is 1. The van der Waals surface area contributed by atoms with Crippen LogP contribution in [0.5, 0.6) is 23.0 Å². The highest BCUT2D eigenvalue weighted by Crippen LogP contribution is 2.30. The van der Waals surface area contributed by atoms with Crippen molar-refractivity contribution in [3.63, 3.8) is 0 Å². The average molecular weight is 562 g/mol. The smallest absolute Gasteiger partial charge is 0.343 e. The molecule has 0 amide bonds. The Morgan fingerprint density at radius 3 is 1.54 bits per heavy atom. The third-order valence-electron chi connectivity index (χ3n) is 5.40. The van der Waals surface area contributed by atoms with Crippen LogP contribution in [0.2, 0.25) is 0 Å². The van der Waals surface area contributed by atoms with Crippen LogP contribution >= 0.6 is 0 Å². The van der Waals surface area contributed by atoms with E-state index >= 15 is 0 Å². The van der Waals surface area contributed by atoms with E-state index < -0.39 is 17.0 Å². The summed E-state index contributed by atoms with van der Waals surface area (Å²) >= 11 is 0. The third-order valence-corrected chi connectivity index (χ3v) is 5.40. The molecule has 4 rings (SSSR count). The first-order valence-corrected chi connectivity index (χ1v) is 12.1. The SMILES string of the molecule is COc1cc(CO)ccc1OC(=O)c1ccccc1.COc1cc(CO[N+](=O)[O-])ccc1OC(=O)c1ccccc1. The van der Waals surface area contributed by atoms with Gasteiger partial charge in [-0.15, -0.1) is 10.1 Å². The van der Waals surface area contributed by atoms with Crippen LogP contribution < -0.4 is 18.9 Å². The Labute approximate surface area is 235 Å². The predicted octanol–water partition coefficient (Wildman–Crippen LogP) is 5.03. The number of rotatable bonds is 10. The monoisotopic (exact) mass is 561 g/mol. The highest BCUT2D eigenvalue weighted by molar-refractivity contribution is 5.91. The second kappa shape index (κ2) is 15.2. The molecule has 4 aromatic carbocycles. The van der Waals surface area contributed by atoms with E-state index in [1.54, 1.807) is 78.9 Å². The van der Waals surface area contributed by atoms with Gasteiger partial charge < -0.3 is 28.9 Å². The molecule has 0 heterocycles. The number of esters is 2. The Kier molecular flexibility index (Phi) is 11.2. The Hall–Kier alpha value is -5.42. The fraction of sp³-hybridized carbons (Fsp3) is 0.133. The Morgan fingerprint density at radius 1 is 0.683 bits per heavy atom. The molecule has 0 radical (unpaired) electrons. The van der Waals surface area contributed by atoms with Gasteiger partial charge >= 0.3 is 11.9 Å². The predicted molar refractivity (Wildman–Crippen MR) is 146 cm³/mol. The zero-order valence-electron chi connectivity index (χ0n) is 22.2. The molecule has 0 saturated heterocycles. The molecule has 0 saturated carbocycles. The lowest BCUT2D eigenvalue weighted by Gasteiger charge is -2.10. The van der Waals surface area contributed by atoms with Crippen LogP contribution in [-0.4, -0.2) is 36.4 Å². The summed E-state index contributed by atoms with van der Waals surface area (Å²) in [6, 6.07) is 26.7. The van der Waals surface area contributed by atoms with E-state index in [-0.39, 0.29) is 24.7 Å². The molecule has 212 valence electrons. The van der Waals surface area contributed by atoms with Gasteiger partial charge in [0.2, 0.25) is 0 Å². The quantitative estimate of drug-likeness (QED) is 0.121. The Bertz CT molecular complexity index is 1460. The number of ether oxygens (including phenoxy) is 4. The van der Waals surface area contributed by atoms with E-state index in [1.807, 2.05) is 6.07 Å². The summed E-state index contributed by atoms with van der Waals surface area (Å²) in [6.07, 6.45) is 0. The molecule has 0 aliphatic rings. The maximum absolute atomic E-state index is 12.0. The lowest BCUT2D eigenvalue weighted by molar-refractivity contribution is -0.763. The number of aliphatic hydroxyl groups is 1. The number of hydrogen-bond donors (Lipinski definition) is 1. The van der Waals surface area contributed by atoms with Gasteiger partial charge in [0.25, 0.3) is 5.09 Å². The number of aliphatic hydroxyl groups excluding tert-OH is 1. The lowest BCUT2D eigenvalue weighted by atomic mass is 10.2. The molecule has 0 aliphatic carbocycles. The molecule has 0 bridgehead atoms. The molecule has 4 aromatic rings. The van der Waals surface area contributed by atoms with E-state index in [4.69, 9.17) is 24.1 Å². The first kappa shape index (κ1) is 30.1. The molecular weight excluding hydrogens is 534 g/mol. The van der Waals surface area contributed by atoms with Gasteiger partial charge in [0.1, 0.15) is 6.61 Å². The lowest BCUT2D eigenvalue weighted by Crippen LogP contribution is -2.09. The maximum Gasteiger partial charge on any atom is 0.343 e. The van der Waals surface area contributed by atoms with Crippen molar-refractivity contribution in [1.82, 2.24) is 0 Å². The number of hydrogen-bond acceptors (Lipinski definition) is 10. The molecule has 11 nitrogen and oxygen atoms in total. The molecule has 0 spiro atoms. The van der Waals surface area contributed by atoms with Crippen LogP contribution in [0.15, 0.2) is 97.1 Å². The van der Waals surface area contributed by atoms with Gasteiger partial charge in [-0.2, -0.15) is 0 Å². The van der Waals surface area contributed by atoms with Gasteiger partial charge in [0.15, 0.2) is 23.0 Å². The van der Waals surface area contributed by atoms with Crippen molar-refractivity contribution in [2.45, 2.75) is 13.2 Å². The van der Waals surface area contributed by atoms with Crippen molar-refractivity contribution in [3.05, 3.63) is 129 Å². The first-order chi connectivity index (χ1) is 19.8. The highest BCUT2D eigenvalue weighted by Gasteiger charge is 2.14. The van der Waals surface area contributed by atoms with Crippen molar-refractivity contribution < 1.29 is 43.6 Å². The van der Waals surface area contributed by atoms with Crippen molar-refractivity contribution in [1.29, 1.82) is 0 Å². The van der Waals surface area contributed by atoms with E-state index in [1.165, 1.54) is 26.4 Å². The zero-order valence-corrected chi connectivity index (χ0v) is 22.2. The number of benzene rings is 4. The summed E-state index contributed by atoms with van der Waals surface area (Å²) in [4.78, 5) is 38.4. The second-order valence-electron chi connectivity index (χ2n) is 8.14. The average Bonchev–Trinajstić information content (AvgIpc) is 3.01. The van der Waals surface area contributed by atoms with E-state index in [9.17, 15) is 19.7 Å². The topological polar surface area (TPSA) is 144 Å². The Balaban J connectivity index is 0.000000228. The maximum atomic E-state index is 12.0. The molecule has 0 aliphatic heterocycles. The molecule has 1 N–H and O–H groups in total. The summed E-state index contributed by atoms with van der Waals surface area (Å²) in [5.74, 6) is 0.281. The van der Waals surface area contributed by atoms with Crippen LogP contribution in [0.4, 0.5) is 0 Å². The molecule has 41 heavy (non-hydrogen) atoms. The summed E-state index contributed by atoms with van der Waals surface area (Å²) in [5, 5.41) is 18.3. The number of methoxy groups -OCH3 is 2. The van der Waals surface area contributed by atoms with Crippen LogP contribution in [-0.2, 0) is 18.1 Å². The largest absolute Gasteiger partial charge is 0.493 e. The normalized spacial score (nSPS) is 9.93. The molecule has 0 unspecified atom stereocenters. The summed E-state index contributed by atoms with van der Waals surface area (Å²) in [5.41, 5.74) is 2.09. The van der Waals surface area contributed by atoms with Gasteiger partial charge in [-0.25, -0.2) is 9.59 Å². The first-order valence-electron chi connectivity index (χ1n) is 12.1. The minimum Gasteiger partial charge on any atom is -0.493 e. The number of carbonyl (C=O) groups excluding carboxylic acids is 2. The van der Waals surface area contributed by atoms with Gasteiger partial charge in [-0.1, -0.05) is 48.5 Å². The minimum atomic E-state index is -0.879. The molecular formula is C30H27NO10. The van der Waals surface area contributed by atoms with Crippen LogP contribution in [0.3, 0.4) is 0 Å². The molecule has 11 heteroatoms. The van der Waals surface area contributed by atoms with Gasteiger partial charge in [-0.05, 0) is 59.7 Å². The summed E-state index contributed by atoms with van der Waals surface area (Å²) in [6.45, 7) is -0.306. The van der Waals surface area contributed by atoms with Crippen molar-refractivity contribution >= 4 is 11.9 Å². The van der Waals surface area contributed by atoms with Crippen molar-refractivity contribution in [2.75, 3.05) is 14.2 Å². The minimum absolute atomic E-state index is 0.0940. The van der Waals surface area contributed by atoms with Crippen LogP contribution in [0.25, 0.3) is 0 Å². The van der Waals surface area contributed by atoms with E-state index in [0.29, 0.717) is 33.8 Å². The van der Waals surface area contributed by atoms with Gasteiger partial charge in [0.05, 0.1) is 32.0 Å². The van der Waals surface area contributed by atoms with Crippen molar-refractivity contribution in [2.24, 2.45) is 0 Å². The van der Waals surface area contributed by atoms with E-state index in [0.717, 1.165) is 0 Å². The molecule has 0 atom stereocenters. The summed E-state index contributed by atoms with van der Waals surface area (Å²) in [7, 11) is 2.89.